The molecule has 3 nitrogen and oxygen atoms in total. The van der Waals surface area contributed by atoms with Gasteiger partial charge in [0, 0.05) is 27.7 Å². The molecule has 0 bridgehead atoms. The van der Waals surface area contributed by atoms with Gasteiger partial charge in [-0.3, -0.25) is 4.98 Å². The molecule has 146 valence electrons. The second kappa shape index (κ2) is 7.52. The summed E-state index contributed by atoms with van der Waals surface area (Å²) in [5.41, 5.74) is 4.86. The number of nitrogens with zero attached hydrogens (tertiary/aromatic N) is 2. The van der Waals surface area contributed by atoms with Crippen LogP contribution in [0.2, 0.25) is 0 Å². The molecule has 2 aromatic carbocycles. The molecule has 0 aliphatic rings. The lowest BCUT2D eigenvalue weighted by Crippen LogP contribution is -2.45. The van der Waals surface area contributed by atoms with Crippen molar-refractivity contribution in [1.82, 2.24) is 9.97 Å². The Labute approximate surface area is 175 Å². The molecule has 2 heterocycles. The van der Waals surface area contributed by atoms with Crippen LogP contribution in [0.3, 0.4) is 0 Å². The molecule has 0 radical (unpaired) electrons. The fourth-order valence-corrected chi connectivity index (χ4v) is 3.19. The Hall–Kier alpha value is -2.29. The summed E-state index contributed by atoms with van der Waals surface area (Å²) in [6.45, 7) is 8.60. The first-order valence-electron chi connectivity index (χ1n) is 9.91. The average Bonchev–Trinajstić information content (AvgIpc) is 2.71. The zero-order chi connectivity index (χ0) is 20.6. The van der Waals surface area contributed by atoms with E-state index in [1.165, 1.54) is 0 Å². The maximum Gasteiger partial charge on any atom is 0.309 e. The maximum absolute atomic E-state index is 6.19. The smallest absolute Gasteiger partial charge is 0.309 e. The summed E-state index contributed by atoms with van der Waals surface area (Å²) in [5, 5.41) is 2.21. The van der Waals surface area contributed by atoms with Crippen molar-refractivity contribution < 1.29 is 4.65 Å². The minimum Gasteiger partial charge on any atom is -0.429 e. The Morgan fingerprint density at radius 2 is 1.48 bits per heavy atom. The lowest BCUT2D eigenvalue weighted by molar-refractivity contribution is 0.0841. The summed E-state index contributed by atoms with van der Waals surface area (Å²) >= 11 is 0. The van der Waals surface area contributed by atoms with Crippen LogP contribution in [0.5, 0.6) is 0 Å². The van der Waals surface area contributed by atoms with Gasteiger partial charge in [-0.25, -0.2) is 4.98 Å². The molecule has 0 aliphatic carbocycles. The molecule has 2 aromatic heterocycles. The maximum atomic E-state index is 6.19. The molecule has 4 rings (SSSR count). The third-order valence-electron chi connectivity index (χ3n) is 5.83. The Morgan fingerprint density at radius 1 is 0.828 bits per heavy atom. The van der Waals surface area contributed by atoms with E-state index in [0.29, 0.717) is 7.48 Å². The minimum absolute atomic E-state index is 0.00123. The molecule has 5 heteroatoms. The largest absolute Gasteiger partial charge is 0.429 e. The molecule has 1 atom stereocenters. The van der Waals surface area contributed by atoms with E-state index >= 15 is 0 Å². The van der Waals surface area contributed by atoms with Crippen molar-refractivity contribution >= 4 is 44.0 Å². The van der Waals surface area contributed by atoms with Gasteiger partial charge in [-0.05, 0) is 26.0 Å². The van der Waals surface area contributed by atoms with E-state index in [1.54, 1.807) is 0 Å². The van der Waals surface area contributed by atoms with Crippen molar-refractivity contribution in [3.05, 3.63) is 66.9 Å². The molecule has 0 spiro atoms. The second-order valence-corrected chi connectivity index (χ2v) is 10.1. The first-order chi connectivity index (χ1) is 13.7. The minimum atomic E-state index is -0.232. The summed E-state index contributed by atoms with van der Waals surface area (Å²) in [6, 6.07) is 20.9. The van der Waals surface area contributed by atoms with E-state index in [4.69, 9.17) is 9.64 Å². The van der Waals surface area contributed by atoms with Crippen LogP contribution in [0.4, 0.5) is 0 Å². The van der Waals surface area contributed by atoms with Crippen molar-refractivity contribution in [1.29, 1.82) is 0 Å². The lowest BCUT2D eigenvalue weighted by Gasteiger charge is -2.39. The summed E-state index contributed by atoms with van der Waals surface area (Å²) in [5.74, 6) is 0. The van der Waals surface area contributed by atoms with Crippen molar-refractivity contribution in [2.24, 2.45) is 0 Å². The quantitative estimate of drug-likeness (QED) is 0.272. The Kier molecular flexibility index (Phi) is 5.19. The van der Waals surface area contributed by atoms with E-state index in [0.717, 1.165) is 38.5 Å². The van der Waals surface area contributed by atoms with E-state index in [2.05, 4.69) is 96.5 Å². The average molecular weight is 400 g/mol. The monoisotopic (exact) mass is 400 g/mol. The van der Waals surface area contributed by atoms with Crippen LogP contribution in [0.1, 0.15) is 27.7 Å². The van der Waals surface area contributed by atoms with Crippen molar-refractivity contribution in [2.45, 2.75) is 38.5 Å². The van der Waals surface area contributed by atoms with E-state index in [-0.39, 0.29) is 10.8 Å². The van der Waals surface area contributed by atoms with Crippen LogP contribution in [-0.4, -0.2) is 28.2 Å². The third kappa shape index (κ3) is 4.06. The van der Waals surface area contributed by atoms with Gasteiger partial charge in [-0.1, -0.05) is 67.8 Å². The molecule has 0 fully saturated rings. The number of pyridine rings is 2. The Balaban J connectivity index is 1.61. The zero-order valence-electron chi connectivity index (χ0n) is 17.4. The van der Waals surface area contributed by atoms with Crippen molar-refractivity contribution in [3.8, 4) is 11.3 Å². The van der Waals surface area contributed by atoms with E-state index in [1.807, 2.05) is 12.3 Å². The molecular weight excluding hydrogens is 374 g/mol. The molecule has 29 heavy (non-hydrogen) atoms. The number of aromatic nitrogens is 2. The van der Waals surface area contributed by atoms with Gasteiger partial charge >= 0.3 is 7.48 Å². The SMILES string of the molecule is CC(C)(P)C(C)(C)OBc1ccc(-c2ccc3ccc4cccnc4c3n2)cc1. The molecule has 0 saturated heterocycles. The predicted molar refractivity (Wildman–Crippen MR) is 128 cm³/mol. The highest BCUT2D eigenvalue weighted by Gasteiger charge is 2.33. The van der Waals surface area contributed by atoms with E-state index in [9.17, 15) is 0 Å². The van der Waals surface area contributed by atoms with E-state index < -0.39 is 0 Å². The van der Waals surface area contributed by atoms with Crippen LogP contribution in [0.25, 0.3) is 33.1 Å². The van der Waals surface area contributed by atoms with Gasteiger partial charge in [0.05, 0.1) is 22.3 Å². The highest BCUT2D eigenvalue weighted by Crippen LogP contribution is 2.33. The topological polar surface area (TPSA) is 35.0 Å². The van der Waals surface area contributed by atoms with Gasteiger partial charge in [0.2, 0.25) is 0 Å². The fourth-order valence-electron chi connectivity index (χ4n) is 3.11. The Morgan fingerprint density at radius 3 is 2.17 bits per heavy atom. The predicted octanol–water partition coefficient (Wildman–Crippen LogP) is 4.88. The van der Waals surface area contributed by atoms with Crippen LogP contribution in [0, 0.1) is 0 Å². The van der Waals surface area contributed by atoms with Crippen molar-refractivity contribution in [2.75, 3.05) is 0 Å². The second-order valence-electron chi connectivity index (χ2n) is 8.63. The van der Waals surface area contributed by atoms with Gasteiger partial charge in [0.25, 0.3) is 0 Å². The fraction of sp³-hybridized carbons (Fsp3) is 0.250. The normalized spacial score (nSPS) is 12.4. The zero-order valence-corrected chi connectivity index (χ0v) is 18.6. The summed E-state index contributed by atoms with van der Waals surface area (Å²) in [7, 11) is 3.47. The van der Waals surface area contributed by atoms with Gasteiger partial charge in [0.1, 0.15) is 0 Å². The summed E-state index contributed by atoms with van der Waals surface area (Å²) in [6.07, 6.45) is 1.82. The van der Waals surface area contributed by atoms with Gasteiger partial charge < -0.3 is 4.65 Å². The molecule has 0 saturated carbocycles. The molecule has 0 amide bonds. The Bertz CT molecular complexity index is 1170. The summed E-state index contributed by atoms with van der Waals surface area (Å²) < 4.78 is 6.19. The summed E-state index contributed by atoms with van der Waals surface area (Å²) in [4.78, 5) is 9.47. The highest BCUT2D eigenvalue weighted by molar-refractivity contribution is 7.19. The lowest BCUT2D eigenvalue weighted by atomic mass is 9.83. The van der Waals surface area contributed by atoms with Crippen LogP contribution in [0.15, 0.2) is 66.9 Å². The number of rotatable bonds is 5. The molecule has 0 aliphatic heterocycles. The van der Waals surface area contributed by atoms with Gasteiger partial charge in [0.15, 0.2) is 0 Å². The first kappa shape index (κ1) is 20.0. The third-order valence-corrected chi connectivity index (χ3v) is 6.53. The number of fused-ring (bicyclic) bond motifs is 3. The molecule has 0 N–H and O–H groups in total. The standard InChI is InChI=1S/C24H26BN2OP/c1-23(2,24(3,4)29)28-25-19-12-9-16(10-13-19)20-14-11-18-8-7-17-6-5-15-26-21(17)22(18)27-20/h5-15,25H,29H2,1-4H3. The molecular formula is C24H26BN2OP. The highest BCUT2D eigenvalue weighted by atomic mass is 31.0. The van der Waals surface area contributed by atoms with Crippen molar-refractivity contribution in [3.63, 3.8) is 0 Å². The molecule has 1 unspecified atom stereocenters. The molecule has 4 aromatic rings. The van der Waals surface area contributed by atoms with Crippen LogP contribution < -0.4 is 5.46 Å². The van der Waals surface area contributed by atoms with Gasteiger partial charge in [-0.2, -0.15) is 0 Å². The first-order valence-corrected chi connectivity index (χ1v) is 10.5. The van der Waals surface area contributed by atoms with Gasteiger partial charge in [-0.15, -0.1) is 9.24 Å². The van der Waals surface area contributed by atoms with Crippen LogP contribution >= 0.6 is 9.24 Å². The number of hydrogen-bond donors (Lipinski definition) is 0. The number of benzene rings is 2. The van der Waals surface area contributed by atoms with Crippen LogP contribution in [-0.2, 0) is 4.65 Å². The number of hydrogen-bond acceptors (Lipinski definition) is 3.